The van der Waals surface area contributed by atoms with Crippen LogP contribution in [0.1, 0.15) is 12.0 Å². The summed E-state index contributed by atoms with van der Waals surface area (Å²) < 4.78 is 12.0. The third kappa shape index (κ3) is 1.90. The Bertz CT molecular complexity index is 702. The van der Waals surface area contributed by atoms with Crippen LogP contribution in [0.15, 0.2) is 77.8 Å². The van der Waals surface area contributed by atoms with Crippen LogP contribution >= 0.6 is 0 Å². The van der Waals surface area contributed by atoms with E-state index in [9.17, 15) is 0 Å². The predicted molar refractivity (Wildman–Crippen MR) is 79.0 cm³/mol. The highest BCUT2D eigenvalue weighted by molar-refractivity contribution is 5.61. The molecule has 0 radical (unpaired) electrons. The highest BCUT2D eigenvalue weighted by Gasteiger charge is 2.24. The fourth-order valence-corrected chi connectivity index (χ4v) is 2.55. The van der Waals surface area contributed by atoms with Crippen LogP contribution in [0.3, 0.4) is 0 Å². The molecule has 0 spiro atoms. The molecule has 0 N–H and O–H groups in total. The molecule has 2 nitrogen and oxygen atoms in total. The second-order valence-corrected chi connectivity index (χ2v) is 4.96. The van der Waals surface area contributed by atoms with Crippen molar-refractivity contribution in [1.82, 2.24) is 0 Å². The van der Waals surface area contributed by atoms with Crippen LogP contribution in [0, 0.1) is 0 Å². The summed E-state index contributed by atoms with van der Waals surface area (Å²) in [7, 11) is 0. The summed E-state index contributed by atoms with van der Waals surface area (Å²) in [5.41, 5.74) is 2.33. The van der Waals surface area contributed by atoms with Crippen molar-refractivity contribution < 1.29 is 9.47 Å². The molecule has 0 fully saturated rings. The minimum absolute atomic E-state index is 0.158. The van der Waals surface area contributed by atoms with Gasteiger partial charge in [0.25, 0.3) is 0 Å². The van der Waals surface area contributed by atoms with Gasteiger partial charge in [0.05, 0.1) is 0 Å². The van der Waals surface area contributed by atoms with Crippen LogP contribution in [-0.4, -0.2) is 6.10 Å². The van der Waals surface area contributed by atoms with Gasteiger partial charge in [-0.3, -0.25) is 0 Å². The largest absolute Gasteiger partial charge is 0.478 e. The van der Waals surface area contributed by atoms with E-state index in [2.05, 4.69) is 18.2 Å². The van der Waals surface area contributed by atoms with Gasteiger partial charge in [0.1, 0.15) is 17.3 Å². The molecule has 0 bridgehead atoms. The van der Waals surface area contributed by atoms with Gasteiger partial charge in [0.2, 0.25) is 0 Å². The van der Waals surface area contributed by atoms with Crippen LogP contribution in [0.4, 0.5) is 0 Å². The standard InChI is InChI=1S/C18H14O2/c1-3-7-15-13(5-1)9-11-17(19-15)18-12-10-14-6-2-4-8-16(14)20-18/h1-5,7-12,17H,6H2. The van der Waals surface area contributed by atoms with E-state index in [0.717, 1.165) is 29.3 Å². The molecule has 1 atom stereocenters. The molecule has 98 valence electrons. The van der Waals surface area contributed by atoms with E-state index in [1.54, 1.807) is 0 Å². The van der Waals surface area contributed by atoms with Crippen molar-refractivity contribution in [3.63, 3.8) is 0 Å². The second-order valence-electron chi connectivity index (χ2n) is 4.96. The number of benzene rings is 1. The van der Waals surface area contributed by atoms with Gasteiger partial charge in [-0.25, -0.2) is 0 Å². The summed E-state index contributed by atoms with van der Waals surface area (Å²) in [6.07, 6.45) is 15.2. The molecule has 1 aromatic carbocycles. The molecule has 2 aliphatic heterocycles. The predicted octanol–water partition coefficient (Wildman–Crippen LogP) is 4.15. The maximum absolute atomic E-state index is 6.00. The van der Waals surface area contributed by atoms with Gasteiger partial charge in [-0.1, -0.05) is 42.5 Å². The Morgan fingerprint density at radius 2 is 2.00 bits per heavy atom. The number of hydrogen-bond acceptors (Lipinski definition) is 2. The molecule has 1 aromatic rings. The first-order chi connectivity index (χ1) is 9.90. The van der Waals surface area contributed by atoms with Crippen molar-refractivity contribution in [2.45, 2.75) is 12.5 Å². The van der Waals surface area contributed by atoms with Gasteiger partial charge in [-0.2, -0.15) is 0 Å². The molecule has 2 heterocycles. The van der Waals surface area contributed by atoms with Crippen molar-refractivity contribution >= 4 is 6.08 Å². The zero-order chi connectivity index (χ0) is 13.4. The van der Waals surface area contributed by atoms with Crippen LogP contribution < -0.4 is 4.74 Å². The smallest absolute Gasteiger partial charge is 0.175 e. The molecule has 0 saturated carbocycles. The molecule has 0 amide bonds. The highest BCUT2D eigenvalue weighted by atomic mass is 16.5. The lowest BCUT2D eigenvalue weighted by atomic mass is 10.0. The number of ether oxygens (including phenoxy) is 2. The number of allylic oxidation sites excluding steroid dienone is 6. The van der Waals surface area contributed by atoms with E-state index in [1.807, 2.05) is 48.6 Å². The molecule has 3 aliphatic rings. The Morgan fingerprint density at radius 1 is 1.05 bits per heavy atom. The second kappa shape index (κ2) is 4.57. The molecule has 20 heavy (non-hydrogen) atoms. The van der Waals surface area contributed by atoms with Crippen LogP contribution in [0.2, 0.25) is 0 Å². The SMILES string of the molecule is C1=CCC2=CC=C(C3C=Cc4ccccc4O3)OC2=C1. The van der Waals surface area contributed by atoms with E-state index in [1.165, 1.54) is 5.57 Å². The first-order valence-electron chi connectivity index (χ1n) is 6.80. The van der Waals surface area contributed by atoms with Crippen molar-refractivity contribution in [3.05, 3.63) is 83.4 Å². The van der Waals surface area contributed by atoms with E-state index in [-0.39, 0.29) is 6.10 Å². The first-order valence-corrected chi connectivity index (χ1v) is 6.80. The minimum Gasteiger partial charge on any atom is -0.478 e. The normalized spacial score (nSPS) is 22.6. The zero-order valence-electron chi connectivity index (χ0n) is 11.0. The summed E-state index contributed by atoms with van der Waals surface area (Å²) in [6.45, 7) is 0. The lowest BCUT2D eigenvalue weighted by Crippen LogP contribution is -2.22. The van der Waals surface area contributed by atoms with E-state index in [0.29, 0.717) is 0 Å². The molecule has 1 aliphatic carbocycles. The van der Waals surface area contributed by atoms with E-state index < -0.39 is 0 Å². The average molecular weight is 262 g/mol. The Hall–Kier alpha value is -2.48. The number of para-hydroxylation sites is 1. The zero-order valence-corrected chi connectivity index (χ0v) is 11.0. The van der Waals surface area contributed by atoms with E-state index in [4.69, 9.17) is 9.47 Å². The van der Waals surface area contributed by atoms with Gasteiger partial charge in [-0.15, -0.1) is 0 Å². The van der Waals surface area contributed by atoms with Gasteiger partial charge < -0.3 is 9.47 Å². The summed E-state index contributed by atoms with van der Waals surface area (Å²) >= 11 is 0. The summed E-state index contributed by atoms with van der Waals surface area (Å²) in [6, 6.07) is 8.03. The fourth-order valence-electron chi connectivity index (χ4n) is 2.55. The van der Waals surface area contributed by atoms with Crippen LogP contribution in [0.5, 0.6) is 5.75 Å². The van der Waals surface area contributed by atoms with Crippen LogP contribution in [-0.2, 0) is 4.74 Å². The molecule has 4 rings (SSSR count). The van der Waals surface area contributed by atoms with Gasteiger partial charge in [0, 0.05) is 5.56 Å². The molecular weight excluding hydrogens is 248 g/mol. The van der Waals surface area contributed by atoms with Gasteiger partial charge in [0.15, 0.2) is 6.10 Å². The van der Waals surface area contributed by atoms with Gasteiger partial charge in [-0.05, 0) is 36.3 Å². The van der Waals surface area contributed by atoms with Crippen molar-refractivity contribution in [2.75, 3.05) is 0 Å². The average Bonchev–Trinajstić information content (AvgIpc) is 2.54. The lowest BCUT2D eigenvalue weighted by molar-refractivity contribution is 0.183. The van der Waals surface area contributed by atoms with Gasteiger partial charge >= 0.3 is 0 Å². The monoisotopic (exact) mass is 262 g/mol. The summed E-state index contributed by atoms with van der Waals surface area (Å²) in [4.78, 5) is 0. The third-order valence-corrected chi connectivity index (χ3v) is 3.62. The number of rotatable bonds is 1. The van der Waals surface area contributed by atoms with Crippen LogP contribution in [0.25, 0.3) is 6.08 Å². The first kappa shape index (κ1) is 11.4. The summed E-state index contributed by atoms with van der Waals surface area (Å²) in [5.74, 6) is 2.67. The minimum atomic E-state index is -0.158. The summed E-state index contributed by atoms with van der Waals surface area (Å²) in [5, 5.41) is 0. The maximum Gasteiger partial charge on any atom is 0.175 e. The molecule has 1 unspecified atom stereocenters. The van der Waals surface area contributed by atoms with E-state index >= 15 is 0 Å². The Kier molecular flexibility index (Phi) is 2.59. The fraction of sp³-hybridized carbons (Fsp3) is 0.111. The van der Waals surface area contributed by atoms with Crippen molar-refractivity contribution in [1.29, 1.82) is 0 Å². The Balaban J connectivity index is 1.62. The lowest BCUT2D eigenvalue weighted by Gasteiger charge is -2.27. The van der Waals surface area contributed by atoms with Crippen molar-refractivity contribution in [2.24, 2.45) is 0 Å². The molecule has 2 heteroatoms. The third-order valence-electron chi connectivity index (χ3n) is 3.62. The Labute approximate surface area is 118 Å². The maximum atomic E-state index is 6.00. The molecule has 0 saturated heterocycles. The highest BCUT2D eigenvalue weighted by Crippen LogP contribution is 2.33. The molecule has 0 aromatic heterocycles. The quantitative estimate of drug-likeness (QED) is 0.757. The topological polar surface area (TPSA) is 18.5 Å². The number of hydrogen-bond donors (Lipinski definition) is 0. The molecular formula is C18H14O2. The number of fused-ring (bicyclic) bond motifs is 2. The Morgan fingerprint density at radius 3 is 3.00 bits per heavy atom. The van der Waals surface area contributed by atoms with Crippen molar-refractivity contribution in [3.8, 4) is 5.75 Å².